The molecule has 2 aromatic rings. The van der Waals surface area contributed by atoms with Gasteiger partial charge in [0.25, 0.3) is 0 Å². The highest BCUT2D eigenvalue weighted by Crippen LogP contribution is 2.27. The van der Waals surface area contributed by atoms with Crippen molar-refractivity contribution in [3.8, 4) is 11.5 Å². The van der Waals surface area contributed by atoms with Gasteiger partial charge in [0.1, 0.15) is 5.75 Å². The third-order valence-corrected chi connectivity index (χ3v) is 2.78. The van der Waals surface area contributed by atoms with Gasteiger partial charge in [0.15, 0.2) is 11.6 Å². The molecular formula is C14H13ClFNO. The smallest absolute Gasteiger partial charge is 0.166 e. The molecule has 18 heavy (non-hydrogen) atoms. The summed E-state index contributed by atoms with van der Waals surface area (Å²) < 4.78 is 19.2. The number of nitrogens with two attached hydrogens (primary N) is 1. The number of rotatable bonds is 3. The average molecular weight is 266 g/mol. The summed E-state index contributed by atoms with van der Waals surface area (Å²) in [5.41, 5.74) is 6.41. The van der Waals surface area contributed by atoms with Crippen LogP contribution in [-0.2, 0) is 0 Å². The van der Waals surface area contributed by atoms with Gasteiger partial charge in [0, 0.05) is 11.1 Å². The van der Waals surface area contributed by atoms with Gasteiger partial charge in [-0.2, -0.15) is 0 Å². The van der Waals surface area contributed by atoms with Gasteiger partial charge in [-0.1, -0.05) is 17.7 Å². The molecule has 0 bridgehead atoms. The van der Waals surface area contributed by atoms with Crippen LogP contribution in [0, 0.1) is 5.82 Å². The molecule has 0 spiro atoms. The minimum Gasteiger partial charge on any atom is -0.454 e. The van der Waals surface area contributed by atoms with E-state index in [1.165, 1.54) is 6.07 Å². The second-order valence-corrected chi connectivity index (χ2v) is 4.47. The Bertz CT molecular complexity index is 540. The Hall–Kier alpha value is -1.58. The van der Waals surface area contributed by atoms with Gasteiger partial charge < -0.3 is 10.5 Å². The summed E-state index contributed by atoms with van der Waals surface area (Å²) in [5, 5.41) is 0.607. The molecule has 0 unspecified atom stereocenters. The fourth-order valence-electron chi connectivity index (χ4n) is 1.51. The molecule has 0 saturated heterocycles. The lowest BCUT2D eigenvalue weighted by Crippen LogP contribution is -2.05. The highest BCUT2D eigenvalue weighted by atomic mass is 35.5. The van der Waals surface area contributed by atoms with E-state index in [1.807, 2.05) is 0 Å². The van der Waals surface area contributed by atoms with E-state index in [9.17, 15) is 4.39 Å². The van der Waals surface area contributed by atoms with Crippen LogP contribution in [0.3, 0.4) is 0 Å². The van der Waals surface area contributed by atoms with Crippen molar-refractivity contribution in [2.45, 2.75) is 13.0 Å². The van der Waals surface area contributed by atoms with Crippen LogP contribution in [0.5, 0.6) is 11.5 Å². The van der Waals surface area contributed by atoms with Crippen LogP contribution in [-0.4, -0.2) is 0 Å². The molecule has 1 atom stereocenters. The zero-order valence-electron chi connectivity index (χ0n) is 9.86. The molecule has 0 aromatic heterocycles. The maximum Gasteiger partial charge on any atom is 0.166 e. The van der Waals surface area contributed by atoms with Crippen LogP contribution in [0.15, 0.2) is 42.5 Å². The van der Waals surface area contributed by atoms with Crippen LogP contribution in [0.25, 0.3) is 0 Å². The number of benzene rings is 2. The molecule has 2 rings (SSSR count). The SMILES string of the molecule is C[C@H](N)c1ccc(Oc2ccc(Cl)cc2)c(F)c1. The largest absolute Gasteiger partial charge is 0.454 e. The van der Waals surface area contributed by atoms with E-state index in [2.05, 4.69) is 0 Å². The second-order valence-electron chi connectivity index (χ2n) is 4.03. The Balaban J connectivity index is 2.22. The Kier molecular flexibility index (Phi) is 3.84. The second kappa shape index (κ2) is 5.38. The van der Waals surface area contributed by atoms with E-state index < -0.39 is 5.82 Å². The highest BCUT2D eigenvalue weighted by molar-refractivity contribution is 6.30. The molecule has 0 aliphatic carbocycles. The first-order chi connectivity index (χ1) is 8.56. The minimum absolute atomic E-state index is 0.168. The van der Waals surface area contributed by atoms with Crippen LogP contribution in [0.1, 0.15) is 18.5 Å². The molecule has 0 amide bonds. The predicted octanol–water partition coefficient (Wildman–Crippen LogP) is 4.29. The fraction of sp³-hybridized carbons (Fsp3) is 0.143. The fourth-order valence-corrected chi connectivity index (χ4v) is 1.64. The molecule has 0 aliphatic rings. The monoisotopic (exact) mass is 265 g/mol. The van der Waals surface area contributed by atoms with Crippen LogP contribution < -0.4 is 10.5 Å². The van der Waals surface area contributed by atoms with Gasteiger partial charge in [0.05, 0.1) is 0 Å². The normalized spacial score (nSPS) is 12.2. The number of ether oxygens (including phenoxy) is 1. The molecule has 0 heterocycles. The minimum atomic E-state index is -0.431. The van der Waals surface area contributed by atoms with E-state index >= 15 is 0 Å². The molecular weight excluding hydrogens is 253 g/mol. The standard InChI is InChI=1S/C14H13ClFNO/c1-9(17)10-2-7-14(13(16)8-10)18-12-5-3-11(15)4-6-12/h2-9H,17H2,1H3/t9-/m0/s1. The predicted molar refractivity (Wildman–Crippen MR) is 70.5 cm³/mol. The van der Waals surface area contributed by atoms with Crippen molar-refractivity contribution in [2.24, 2.45) is 5.73 Å². The quantitative estimate of drug-likeness (QED) is 0.898. The summed E-state index contributed by atoms with van der Waals surface area (Å²) in [6.45, 7) is 1.80. The summed E-state index contributed by atoms with van der Waals surface area (Å²) in [6, 6.07) is 11.2. The first kappa shape index (κ1) is 12.9. The van der Waals surface area contributed by atoms with E-state index in [1.54, 1.807) is 43.3 Å². The third kappa shape index (κ3) is 3.00. The zero-order valence-corrected chi connectivity index (χ0v) is 10.6. The third-order valence-electron chi connectivity index (χ3n) is 2.52. The van der Waals surface area contributed by atoms with Crippen molar-refractivity contribution in [2.75, 3.05) is 0 Å². The van der Waals surface area contributed by atoms with Gasteiger partial charge in [-0.25, -0.2) is 4.39 Å². The molecule has 2 nitrogen and oxygen atoms in total. The van der Waals surface area contributed by atoms with Gasteiger partial charge in [-0.05, 0) is 48.9 Å². The van der Waals surface area contributed by atoms with Crippen molar-refractivity contribution in [1.82, 2.24) is 0 Å². The van der Waals surface area contributed by atoms with Crippen molar-refractivity contribution in [3.63, 3.8) is 0 Å². The van der Waals surface area contributed by atoms with E-state index in [0.29, 0.717) is 10.8 Å². The van der Waals surface area contributed by atoms with E-state index in [4.69, 9.17) is 22.1 Å². The number of hydrogen-bond acceptors (Lipinski definition) is 2. The molecule has 2 N–H and O–H groups in total. The Morgan fingerprint density at radius 1 is 1.17 bits per heavy atom. The maximum atomic E-state index is 13.8. The molecule has 4 heteroatoms. The first-order valence-corrected chi connectivity index (χ1v) is 5.92. The highest BCUT2D eigenvalue weighted by Gasteiger charge is 2.08. The Morgan fingerprint density at radius 2 is 1.83 bits per heavy atom. The molecule has 0 aliphatic heterocycles. The molecule has 0 fully saturated rings. The van der Waals surface area contributed by atoms with Gasteiger partial charge in [-0.15, -0.1) is 0 Å². The van der Waals surface area contributed by atoms with Gasteiger partial charge in [0.2, 0.25) is 0 Å². The van der Waals surface area contributed by atoms with Crippen molar-refractivity contribution in [1.29, 1.82) is 0 Å². The first-order valence-electron chi connectivity index (χ1n) is 5.54. The van der Waals surface area contributed by atoms with Crippen molar-refractivity contribution < 1.29 is 9.13 Å². The summed E-state index contributed by atoms with van der Waals surface area (Å²) in [6.07, 6.45) is 0. The van der Waals surface area contributed by atoms with E-state index in [0.717, 1.165) is 5.56 Å². The average Bonchev–Trinajstić information content (AvgIpc) is 2.34. The molecule has 0 radical (unpaired) electrons. The van der Waals surface area contributed by atoms with Crippen LogP contribution in [0.2, 0.25) is 5.02 Å². The lowest BCUT2D eigenvalue weighted by molar-refractivity contribution is 0.441. The van der Waals surface area contributed by atoms with Crippen LogP contribution >= 0.6 is 11.6 Å². The Labute approximate surface area is 110 Å². The van der Waals surface area contributed by atoms with Crippen molar-refractivity contribution in [3.05, 3.63) is 58.9 Å². The maximum absolute atomic E-state index is 13.8. The molecule has 2 aromatic carbocycles. The van der Waals surface area contributed by atoms with Gasteiger partial charge in [-0.3, -0.25) is 0 Å². The summed E-state index contributed by atoms with van der Waals surface area (Å²) in [5.74, 6) is 0.272. The van der Waals surface area contributed by atoms with Crippen LogP contribution in [0.4, 0.5) is 4.39 Å². The zero-order chi connectivity index (χ0) is 13.1. The summed E-state index contributed by atoms with van der Waals surface area (Å²) in [7, 11) is 0. The number of halogens is 2. The summed E-state index contributed by atoms with van der Waals surface area (Å²) >= 11 is 5.76. The van der Waals surface area contributed by atoms with Crippen molar-refractivity contribution >= 4 is 11.6 Å². The van der Waals surface area contributed by atoms with E-state index in [-0.39, 0.29) is 11.8 Å². The molecule has 94 valence electrons. The lowest BCUT2D eigenvalue weighted by atomic mass is 10.1. The lowest BCUT2D eigenvalue weighted by Gasteiger charge is -2.10. The number of hydrogen-bond donors (Lipinski definition) is 1. The van der Waals surface area contributed by atoms with Gasteiger partial charge >= 0.3 is 0 Å². The summed E-state index contributed by atoms with van der Waals surface area (Å²) in [4.78, 5) is 0. The Morgan fingerprint density at radius 3 is 2.39 bits per heavy atom. The topological polar surface area (TPSA) is 35.2 Å². The molecule has 0 saturated carbocycles.